The Balaban J connectivity index is 1.75. The van der Waals surface area contributed by atoms with Crippen molar-refractivity contribution in [3.8, 4) is 34.3 Å². The van der Waals surface area contributed by atoms with E-state index in [9.17, 15) is 13.6 Å². The number of rotatable bonds is 8. The van der Waals surface area contributed by atoms with E-state index in [-0.39, 0.29) is 11.7 Å². The predicted molar refractivity (Wildman–Crippen MR) is 128 cm³/mol. The van der Waals surface area contributed by atoms with Crippen LogP contribution in [0.2, 0.25) is 0 Å². The number of anilines is 1. The van der Waals surface area contributed by atoms with Crippen molar-refractivity contribution < 1.29 is 32.5 Å². The molecule has 35 heavy (non-hydrogen) atoms. The topological polar surface area (TPSA) is 78.9 Å². The Morgan fingerprint density at radius 2 is 1.54 bits per heavy atom. The number of alkyl halides is 2. The summed E-state index contributed by atoms with van der Waals surface area (Å²) < 4.78 is 45.4. The highest BCUT2D eigenvalue weighted by molar-refractivity contribution is 6.13. The third-order valence-corrected chi connectivity index (χ3v) is 5.26. The molecule has 0 unspecified atom stereocenters. The number of hydrogen-bond acceptors (Lipinski definition) is 6. The average molecular weight is 480 g/mol. The molecule has 0 aliphatic carbocycles. The lowest BCUT2D eigenvalue weighted by Crippen LogP contribution is -2.13. The number of nitrogens with zero attached hydrogens (tertiary/aromatic N) is 1. The first kappa shape index (κ1) is 23.7. The zero-order chi connectivity index (χ0) is 24.9. The van der Waals surface area contributed by atoms with E-state index in [0.717, 1.165) is 0 Å². The van der Waals surface area contributed by atoms with Crippen LogP contribution in [0.1, 0.15) is 10.4 Å². The molecule has 1 N–H and O–H groups in total. The van der Waals surface area contributed by atoms with Crippen LogP contribution in [-0.2, 0) is 0 Å². The number of fused-ring (bicyclic) bond motifs is 1. The predicted octanol–water partition coefficient (Wildman–Crippen LogP) is 5.78. The number of benzene rings is 3. The summed E-state index contributed by atoms with van der Waals surface area (Å²) in [6.07, 6.45) is 0. The molecule has 0 aliphatic heterocycles. The van der Waals surface area contributed by atoms with E-state index in [2.05, 4.69) is 10.1 Å². The Hall–Kier alpha value is -4.40. The maximum absolute atomic E-state index is 13.3. The van der Waals surface area contributed by atoms with Crippen molar-refractivity contribution in [2.75, 3.05) is 26.6 Å². The fraction of sp³-hybridized carbons (Fsp3) is 0.154. The van der Waals surface area contributed by atoms with Crippen LogP contribution in [0.5, 0.6) is 23.0 Å². The first-order valence-electron chi connectivity index (χ1n) is 10.5. The lowest BCUT2D eigenvalue weighted by atomic mass is 10.0. The number of aromatic nitrogens is 1. The zero-order valence-electron chi connectivity index (χ0n) is 19.2. The molecule has 0 saturated heterocycles. The Morgan fingerprint density at radius 3 is 2.14 bits per heavy atom. The molecule has 4 aromatic rings. The number of pyridine rings is 1. The van der Waals surface area contributed by atoms with Crippen molar-refractivity contribution in [3.63, 3.8) is 0 Å². The second kappa shape index (κ2) is 10.3. The number of para-hydroxylation sites is 1. The van der Waals surface area contributed by atoms with Gasteiger partial charge in [0.15, 0.2) is 11.5 Å². The van der Waals surface area contributed by atoms with E-state index in [4.69, 9.17) is 19.2 Å². The molecular weight excluding hydrogens is 458 g/mol. The Bertz CT molecular complexity index is 1330. The van der Waals surface area contributed by atoms with E-state index in [1.54, 1.807) is 24.3 Å². The number of nitrogens with one attached hydrogen (secondary N) is 1. The van der Waals surface area contributed by atoms with Gasteiger partial charge in [0.05, 0.1) is 38.1 Å². The summed E-state index contributed by atoms with van der Waals surface area (Å²) in [5, 5.41) is 3.45. The number of ether oxygens (including phenoxy) is 4. The standard InChI is InChI=1S/C26H22F2N2O5/c1-32-22-12-15(13-23(33-2)24(22)34-3)21-14-19(18-6-4-5-7-20(18)30-21)25(31)29-16-8-10-17(11-9-16)35-26(27)28/h4-14,26H,1-3H3,(H,29,31). The van der Waals surface area contributed by atoms with Crippen molar-refractivity contribution in [2.24, 2.45) is 0 Å². The number of amides is 1. The number of carbonyl (C=O) groups is 1. The first-order valence-corrected chi connectivity index (χ1v) is 10.5. The van der Waals surface area contributed by atoms with Gasteiger partial charge in [-0.15, -0.1) is 0 Å². The van der Waals surface area contributed by atoms with Gasteiger partial charge in [-0.2, -0.15) is 8.78 Å². The highest BCUT2D eigenvalue weighted by Gasteiger charge is 2.18. The molecule has 3 aromatic carbocycles. The number of halogens is 2. The minimum atomic E-state index is -2.92. The van der Waals surface area contributed by atoms with Crippen LogP contribution in [0.4, 0.5) is 14.5 Å². The molecular formula is C26H22F2N2O5. The second-order valence-corrected chi connectivity index (χ2v) is 7.34. The number of methoxy groups -OCH3 is 3. The van der Waals surface area contributed by atoms with Gasteiger partial charge in [0.1, 0.15) is 5.75 Å². The van der Waals surface area contributed by atoms with Crippen molar-refractivity contribution in [1.82, 2.24) is 4.98 Å². The smallest absolute Gasteiger partial charge is 0.387 e. The largest absolute Gasteiger partial charge is 0.493 e. The van der Waals surface area contributed by atoms with Gasteiger partial charge in [0, 0.05) is 16.6 Å². The average Bonchev–Trinajstić information content (AvgIpc) is 2.87. The van der Waals surface area contributed by atoms with Crippen molar-refractivity contribution in [2.45, 2.75) is 6.61 Å². The van der Waals surface area contributed by atoms with Gasteiger partial charge in [0.2, 0.25) is 5.75 Å². The minimum absolute atomic E-state index is 0.00273. The Labute approximate surface area is 200 Å². The van der Waals surface area contributed by atoms with Gasteiger partial charge in [-0.3, -0.25) is 4.79 Å². The Morgan fingerprint density at radius 1 is 0.886 bits per heavy atom. The maximum Gasteiger partial charge on any atom is 0.387 e. The summed E-state index contributed by atoms with van der Waals surface area (Å²) >= 11 is 0. The van der Waals surface area contributed by atoms with E-state index in [1.165, 1.54) is 45.6 Å². The second-order valence-electron chi connectivity index (χ2n) is 7.34. The third kappa shape index (κ3) is 5.08. The molecule has 1 amide bonds. The molecule has 0 fully saturated rings. The monoisotopic (exact) mass is 480 g/mol. The van der Waals surface area contributed by atoms with E-state index in [0.29, 0.717) is 50.7 Å². The van der Waals surface area contributed by atoms with E-state index < -0.39 is 6.61 Å². The molecule has 0 aliphatic rings. The molecule has 4 rings (SSSR count). The van der Waals surface area contributed by atoms with Crippen LogP contribution in [0, 0.1) is 0 Å². The fourth-order valence-corrected chi connectivity index (χ4v) is 3.66. The lowest BCUT2D eigenvalue weighted by Gasteiger charge is -2.15. The van der Waals surface area contributed by atoms with Gasteiger partial charge in [0.25, 0.3) is 5.91 Å². The van der Waals surface area contributed by atoms with Crippen LogP contribution in [-0.4, -0.2) is 38.8 Å². The summed E-state index contributed by atoms with van der Waals surface area (Å²) in [6, 6.07) is 18.1. The van der Waals surface area contributed by atoms with Crippen LogP contribution < -0.4 is 24.3 Å². The van der Waals surface area contributed by atoms with Gasteiger partial charge in [-0.05, 0) is 48.5 Å². The summed E-state index contributed by atoms with van der Waals surface area (Å²) in [7, 11) is 4.56. The van der Waals surface area contributed by atoms with Crippen molar-refractivity contribution in [1.29, 1.82) is 0 Å². The lowest BCUT2D eigenvalue weighted by molar-refractivity contribution is -0.0498. The molecule has 1 heterocycles. The number of carbonyl (C=O) groups excluding carboxylic acids is 1. The Kier molecular flexibility index (Phi) is 6.96. The molecule has 0 bridgehead atoms. The highest BCUT2D eigenvalue weighted by atomic mass is 19.3. The van der Waals surface area contributed by atoms with Crippen LogP contribution >= 0.6 is 0 Å². The van der Waals surface area contributed by atoms with Gasteiger partial charge < -0.3 is 24.3 Å². The molecule has 0 saturated carbocycles. The summed E-state index contributed by atoms with van der Waals surface area (Å²) in [5.74, 6) is 0.955. The summed E-state index contributed by atoms with van der Waals surface area (Å²) in [6.45, 7) is -2.92. The fourth-order valence-electron chi connectivity index (χ4n) is 3.66. The molecule has 0 atom stereocenters. The summed E-state index contributed by atoms with van der Waals surface area (Å²) in [4.78, 5) is 18.0. The molecule has 9 heteroatoms. The minimum Gasteiger partial charge on any atom is -0.493 e. The molecule has 7 nitrogen and oxygen atoms in total. The highest BCUT2D eigenvalue weighted by Crippen LogP contribution is 2.41. The van der Waals surface area contributed by atoms with Crippen molar-refractivity contribution in [3.05, 3.63) is 72.3 Å². The normalized spacial score (nSPS) is 10.8. The van der Waals surface area contributed by atoms with E-state index in [1.807, 2.05) is 18.2 Å². The zero-order valence-corrected chi connectivity index (χ0v) is 19.2. The third-order valence-electron chi connectivity index (χ3n) is 5.26. The van der Waals surface area contributed by atoms with Crippen LogP contribution in [0.3, 0.4) is 0 Å². The molecule has 0 radical (unpaired) electrons. The first-order chi connectivity index (χ1) is 16.9. The van der Waals surface area contributed by atoms with Gasteiger partial charge in [-0.1, -0.05) is 18.2 Å². The molecule has 180 valence electrons. The van der Waals surface area contributed by atoms with Crippen molar-refractivity contribution >= 4 is 22.5 Å². The van der Waals surface area contributed by atoms with Gasteiger partial charge >= 0.3 is 6.61 Å². The quantitative estimate of drug-likeness (QED) is 0.344. The van der Waals surface area contributed by atoms with Gasteiger partial charge in [-0.25, -0.2) is 4.98 Å². The number of hydrogen-bond donors (Lipinski definition) is 1. The summed E-state index contributed by atoms with van der Waals surface area (Å²) in [5.41, 5.74) is 2.60. The SMILES string of the molecule is COc1cc(-c2cc(C(=O)Nc3ccc(OC(F)F)cc3)c3ccccc3n2)cc(OC)c1OC. The molecule has 1 aromatic heterocycles. The van der Waals surface area contributed by atoms with Crippen LogP contribution in [0.25, 0.3) is 22.2 Å². The van der Waals surface area contributed by atoms with E-state index >= 15 is 0 Å². The van der Waals surface area contributed by atoms with Crippen LogP contribution in [0.15, 0.2) is 66.7 Å². The maximum atomic E-state index is 13.3. The molecule has 0 spiro atoms.